The number of benzene rings is 1. The van der Waals surface area contributed by atoms with E-state index in [1.807, 2.05) is 43.3 Å². The van der Waals surface area contributed by atoms with Crippen LogP contribution < -0.4 is 4.90 Å². The van der Waals surface area contributed by atoms with Gasteiger partial charge < -0.3 is 4.90 Å². The SMILES string of the molecule is CN(C)c1ccc(N=S)cc1. The first kappa shape index (κ1) is 8.14. The largest absolute Gasteiger partial charge is 0.378 e. The Morgan fingerprint density at radius 2 is 1.73 bits per heavy atom. The molecule has 0 spiro atoms. The second-order valence-corrected chi connectivity index (χ2v) is 2.68. The molecule has 0 fully saturated rings. The summed E-state index contributed by atoms with van der Waals surface area (Å²) in [7, 11) is 4.00. The van der Waals surface area contributed by atoms with Gasteiger partial charge in [0.1, 0.15) is 0 Å². The molecule has 58 valence electrons. The molecule has 0 bridgehead atoms. The molecule has 1 aromatic rings. The Kier molecular flexibility index (Phi) is 2.54. The zero-order valence-electron chi connectivity index (χ0n) is 6.61. The summed E-state index contributed by atoms with van der Waals surface area (Å²) >= 11 is 4.54. The van der Waals surface area contributed by atoms with Gasteiger partial charge in [0.2, 0.25) is 0 Å². The van der Waals surface area contributed by atoms with E-state index in [0.717, 1.165) is 11.4 Å². The van der Waals surface area contributed by atoms with Gasteiger partial charge in [-0.2, -0.15) is 4.36 Å². The Morgan fingerprint density at radius 3 is 2.09 bits per heavy atom. The molecule has 3 heteroatoms. The fourth-order valence-corrected chi connectivity index (χ4v) is 0.933. The zero-order chi connectivity index (χ0) is 8.27. The third kappa shape index (κ3) is 1.98. The number of hydrogen-bond donors (Lipinski definition) is 0. The second kappa shape index (κ2) is 3.44. The highest BCUT2D eigenvalue weighted by Crippen LogP contribution is 2.16. The average Bonchev–Trinajstić information content (AvgIpc) is 2.05. The predicted octanol–water partition coefficient (Wildman–Crippen LogP) is 2.11. The first-order valence-electron chi connectivity index (χ1n) is 3.35. The van der Waals surface area contributed by atoms with Crippen molar-refractivity contribution in [1.82, 2.24) is 0 Å². The molecule has 0 unspecified atom stereocenters. The number of anilines is 1. The van der Waals surface area contributed by atoms with Gasteiger partial charge in [-0.25, -0.2) is 0 Å². The standard InChI is InChI=1S/C8H10N2S/c1-10(2)8-5-3-7(9-11)4-6-8/h3-6H,1-2H3. The first-order chi connectivity index (χ1) is 5.24. The van der Waals surface area contributed by atoms with Crippen molar-refractivity contribution in [2.45, 2.75) is 0 Å². The van der Waals surface area contributed by atoms with Crippen LogP contribution in [0.1, 0.15) is 0 Å². The summed E-state index contributed by atoms with van der Waals surface area (Å²) in [6.45, 7) is 0. The molecule has 0 saturated heterocycles. The van der Waals surface area contributed by atoms with Crippen LogP contribution in [0.4, 0.5) is 11.4 Å². The molecule has 0 atom stereocenters. The lowest BCUT2D eigenvalue weighted by Crippen LogP contribution is -2.07. The molecule has 0 aromatic heterocycles. The summed E-state index contributed by atoms with van der Waals surface area (Å²) in [4.78, 5) is 2.03. The van der Waals surface area contributed by atoms with Crippen molar-refractivity contribution in [2.24, 2.45) is 4.36 Å². The van der Waals surface area contributed by atoms with Crippen molar-refractivity contribution in [2.75, 3.05) is 19.0 Å². The van der Waals surface area contributed by atoms with E-state index < -0.39 is 0 Å². The van der Waals surface area contributed by atoms with E-state index in [1.165, 1.54) is 0 Å². The third-order valence-electron chi connectivity index (χ3n) is 1.47. The lowest BCUT2D eigenvalue weighted by atomic mass is 10.3. The summed E-state index contributed by atoms with van der Waals surface area (Å²) in [5, 5.41) is 0. The van der Waals surface area contributed by atoms with E-state index in [2.05, 4.69) is 16.8 Å². The van der Waals surface area contributed by atoms with Crippen molar-refractivity contribution >= 4 is 23.8 Å². The molecule has 11 heavy (non-hydrogen) atoms. The number of rotatable bonds is 2. The van der Waals surface area contributed by atoms with Crippen LogP contribution in [0, 0.1) is 0 Å². The monoisotopic (exact) mass is 166 g/mol. The summed E-state index contributed by atoms with van der Waals surface area (Å²) in [6, 6.07) is 7.79. The molecule has 0 heterocycles. The maximum absolute atomic E-state index is 4.54. The molecule has 0 N–H and O–H groups in total. The van der Waals surface area contributed by atoms with Gasteiger partial charge in [0.25, 0.3) is 0 Å². The summed E-state index contributed by atoms with van der Waals surface area (Å²) in [6.07, 6.45) is 0. The molecule has 0 amide bonds. The van der Waals surface area contributed by atoms with Crippen molar-refractivity contribution in [1.29, 1.82) is 0 Å². The molecule has 0 aliphatic heterocycles. The Balaban J connectivity index is 2.91. The molecular weight excluding hydrogens is 156 g/mol. The summed E-state index contributed by atoms with van der Waals surface area (Å²) in [5.41, 5.74) is 2.00. The van der Waals surface area contributed by atoms with Crippen LogP contribution in [0.15, 0.2) is 28.6 Å². The maximum Gasteiger partial charge on any atom is 0.0770 e. The molecule has 0 radical (unpaired) electrons. The van der Waals surface area contributed by atoms with Crippen LogP contribution in [0.5, 0.6) is 0 Å². The van der Waals surface area contributed by atoms with E-state index in [0.29, 0.717) is 0 Å². The van der Waals surface area contributed by atoms with Crippen LogP contribution in [0.25, 0.3) is 0 Å². The van der Waals surface area contributed by atoms with E-state index in [9.17, 15) is 0 Å². The quantitative estimate of drug-likeness (QED) is 0.668. The lowest BCUT2D eigenvalue weighted by molar-refractivity contribution is 1.13. The Bertz CT molecular complexity index is 241. The Labute approximate surface area is 72.0 Å². The van der Waals surface area contributed by atoms with E-state index in [4.69, 9.17) is 0 Å². The second-order valence-electron chi connectivity index (χ2n) is 2.50. The molecule has 0 aliphatic carbocycles. The van der Waals surface area contributed by atoms with Crippen LogP contribution in [0.2, 0.25) is 0 Å². The van der Waals surface area contributed by atoms with Crippen LogP contribution in [0.3, 0.4) is 0 Å². The first-order valence-corrected chi connectivity index (χ1v) is 3.71. The Morgan fingerprint density at radius 1 is 1.18 bits per heavy atom. The normalized spacial score (nSPS) is 9.27. The minimum absolute atomic E-state index is 0.839. The van der Waals surface area contributed by atoms with Gasteiger partial charge in [-0.05, 0) is 24.3 Å². The fraction of sp³-hybridized carbons (Fsp3) is 0.250. The molecule has 2 nitrogen and oxygen atoms in total. The number of nitrogens with zero attached hydrogens (tertiary/aromatic N) is 2. The zero-order valence-corrected chi connectivity index (χ0v) is 7.43. The fourth-order valence-electron chi connectivity index (χ4n) is 0.812. The van der Waals surface area contributed by atoms with Crippen molar-refractivity contribution in [3.8, 4) is 0 Å². The smallest absolute Gasteiger partial charge is 0.0770 e. The van der Waals surface area contributed by atoms with Gasteiger partial charge in [0, 0.05) is 32.2 Å². The van der Waals surface area contributed by atoms with E-state index in [-0.39, 0.29) is 0 Å². The van der Waals surface area contributed by atoms with Crippen LogP contribution >= 0.6 is 0 Å². The Hall–Kier alpha value is -0.960. The van der Waals surface area contributed by atoms with Crippen molar-refractivity contribution in [3.05, 3.63) is 24.3 Å². The highest BCUT2D eigenvalue weighted by atomic mass is 32.1. The van der Waals surface area contributed by atoms with Crippen molar-refractivity contribution in [3.63, 3.8) is 0 Å². The minimum atomic E-state index is 0.839. The highest BCUT2D eigenvalue weighted by molar-refractivity contribution is 7.47. The predicted molar refractivity (Wildman–Crippen MR) is 50.2 cm³/mol. The van der Waals surface area contributed by atoms with Gasteiger partial charge in [0.05, 0.1) is 5.69 Å². The summed E-state index contributed by atoms with van der Waals surface area (Å²) in [5.74, 6) is 0. The molecular formula is C8H10N2S. The molecule has 1 aromatic carbocycles. The topological polar surface area (TPSA) is 15.6 Å². The average molecular weight is 166 g/mol. The third-order valence-corrected chi connectivity index (χ3v) is 1.68. The van der Waals surface area contributed by atoms with Crippen LogP contribution in [-0.2, 0) is 12.4 Å². The maximum atomic E-state index is 4.54. The van der Waals surface area contributed by atoms with E-state index >= 15 is 0 Å². The molecule has 0 saturated carbocycles. The van der Waals surface area contributed by atoms with Crippen LogP contribution in [-0.4, -0.2) is 14.1 Å². The number of hydrogen-bond acceptors (Lipinski definition) is 3. The van der Waals surface area contributed by atoms with Gasteiger partial charge >= 0.3 is 0 Å². The summed E-state index contributed by atoms with van der Waals surface area (Å²) < 4.78 is 3.64. The van der Waals surface area contributed by atoms with Gasteiger partial charge in [-0.3, -0.25) is 0 Å². The van der Waals surface area contributed by atoms with Crippen molar-refractivity contribution < 1.29 is 0 Å². The minimum Gasteiger partial charge on any atom is -0.378 e. The van der Waals surface area contributed by atoms with Gasteiger partial charge in [-0.15, -0.1) is 0 Å². The van der Waals surface area contributed by atoms with E-state index in [1.54, 1.807) is 0 Å². The molecule has 1 rings (SSSR count). The highest BCUT2D eigenvalue weighted by Gasteiger charge is 1.92. The van der Waals surface area contributed by atoms with Gasteiger partial charge in [0.15, 0.2) is 0 Å². The lowest BCUT2D eigenvalue weighted by Gasteiger charge is -2.11. The molecule has 0 aliphatic rings. The van der Waals surface area contributed by atoms with Gasteiger partial charge in [-0.1, -0.05) is 0 Å².